The zero-order chi connectivity index (χ0) is 22.8. The third kappa shape index (κ3) is 3.22. The van der Waals surface area contributed by atoms with Gasteiger partial charge in [-0.2, -0.15) is 0 Å². The number of carbonyl (C=O) groups is 1. The predicted molar refractivity (Wildman–Crippen MR) is 131 cm³/mol. The SMILES string of the molecule is CC(=O)[C@H]1[C@H](c2ccc(N(C)C)cc2)C[C@@H]2[C@H]3CC=C4C[C@@H](O)CC[C@]4(C)[C@H]3CC[C@@]21C. The number of anilines is 1. The van der Waals surface area contributed by atoms with E-state index >= 15 is 0 Å². The number of Topliss-reactive ketones (excluding diaryl/α,β-unsaturated/α-hetero) is 1. The van der Waals surface area contributed by atoms with Gasteiger partial charge in [-0.3, -0.25) is 4.79 Å². The largest absolute Gasteiger partial charge is 0.393 e. The molecule has 0 heterocycles. The van der Waals surface area contributed by atoms with Crippen molar-refractivity contribution in [1.29, 1.82) is 0 Å². The van der Waals surface area contributed by atoms with Crippen molar-refractivity contribution in [3.8, 4) is 0 Å². The molecule has 0 unspecified atom stereocenters. The van der Waals surface area contributed by atoms with Crippen LogP contribution in [0.3, 0.4) is 0 Å². The summed E-state index contributed by atoms with van der Waals surface area (Å²) in [4.78, 5) is 15.2. The van der Waals surface area contributed by atoms with E-state index in [9.17, 15) is 9.90 Å². The normalized spacial score (nSPS) is 43.0. The van der Waals surface area contributed by atoms with Gasteiger partial charge in [0.1, 0.15) is 5.78 Å². The molecule has 32 heavy (non-hydrogen) atoms. The molecule has 0 spiro atoms. The number of aliphatic hydroxyl groups is 1. The maximum Gasteiger partial charge on any atom is 0.134 e. The number of hydrogen-bond donors (Lipinski definition) is 1. The standard InChI is InChI=1S/C29H41NO2/c1-18(31)27-24(19-6-9-21(10-7-19)30(4)5)17-26-23-11-8-20-16-22(32)12-14-28(20,2)25(23)13-15-29(26,27)3/h6-10,22-27,32H,11-17H2,1-5H3/t22-,23-,24-,25-,26+,27-,28-,29-/m0/s1. The molecule has 1 aromatic carbocycles. The highest BCUT2D eigenvalue weighted by molar-refractivity contribution is 5.81. The Hall–Kier alpha value is -1.61. The maximum absolute atomic E-state index is 13.1. The molecule has 4 aliphatic rings. The van der Waals surface area contributed by atoms with Crippen LogP contribution in [-0.2, 0) is 4.79 Å². The third-order valence-corrected chi connectivity index (χ3v) is 10.4. The second-order valence-corrected chi connectivity index (χ2v) is 12.1. The molecule has 0 amide bonds. The highest BCUT2D eigenvalue weighted by atomic mass is 16.3. The summed E-state index contributed by atoms with van der Waals surface area (Å²) in [6.45, 7) is 6.77. The van der Waals surface area contributed by atoms with Gasteiger partial charge >= 0.3 is 0 Å². The monoisotopic (exact) mass is 435 g/mol. The summed E-state index contributed by atoms with van der Waals surface area (Å²) in [7, 11) is 4.16. The molecule has 0 saturated heterocycles. The van der Waals surface area contributed by atoms with Crippen LogP contribution in [0.15, 0.2) is 35.9 Å². The number of benzene rings is 1. The minimum absolute atomic E-state index is 0.105. The first-order valence-corrected chi connectivity index (χ1v) is 12.8. The number of ketones is 1. The van der Waals surface area contributed by atoms with Crippen LogP contribution in [0, 0.1) is 34.5 Å². The predicted octanol–water partition coefficient (Wildman–Crippen LogP) is 5.98. The number of rotatable bonds is 3. The summed E-state index contributed by atoms with van der Waals surface area (Å²) < 4.78 is 0. The molecule has 3 nitrogen and oxygen atoms in total. The van der Waals surface area contributed by atoms with Gasteiger partial charge in [0.05, 0.1) is 6.10 Å². The first kappa shape index (κ1) is 22.2. The van der Waals surface area contributed by atoms with Crippen LogP contribution in [0.2, 0.25) is 0 Å². The smallest absolute Gasteiger partial charge is 0.134 e. The number of fused-ring (bicyclic) bond motifs is 5. The van der Waals surface area contributed by atoms with Crippen molar-refractivity contribution in [2.45, 2.75) is 77.7 Å². The fraction of sp³-hybridized carbons (Fsp3) is 0.690. The van der Waals surface area contributed by atoms with E-state index in [1.165, 1.54) is 29.7 Å². The van der Waals surface area contributed by atoms with Gasteiger partial charge in [0.25, 0.3) is 0 Å². The number of carbonyl (C=O) groups excluding carboxylic acids is 1. The average Bonchev–Trinajstić information content (AvgIpc) is 3.07. The molecule has 4 aliphatic carbocycles. The molecule has 0 bridgehead atoms. The van der Waals surface area contributed by atoms with Crippen LogP contribution in [0.5, 0.6) is 0 Å². The fourth-order valence-electron chi connectivity index (χ4n) is 8.78. The van der Waals surface area contributed by atoms with E-state index in [0.717, 1.165) is 32.1 Å². The van der Waals surface area contributed by atoms with E-state index in [2.05, 4.69) is 63.2 Å². The molecular formula is C29H41NO2. The fourth-order valence-corrected chi connectivity index (χ4v) is 8.78. The Labute approximate surface area is 194 Å². The molecule has 0 aliphatic heterocycles. The molecule has 3 heteroatoms. The van der Waals surface area contributed by atoms with Crippen molar-refractivity contribution in [1.82, 2.24) is 0 Å². The van der Waals surface area contributed by atoms with Gasteiger partial charge in [0.2, 0.25) is 0 Å². The first-order valence-electron chi connectivity index (χ1n) is 12.8. The maximum atomic E-state index is 13.1. The van der Waals surface area contributed by atoms with Crippen LogP contribution in [0.25, 0.3) is 0 Å². The quantitative estimate of drug-likeness (QED) is 0.594. The summed E-state index contributed by atoms with van der Waals surface area (Å²) in [5, 5.41) is 10.3. The van der Waals surface area contributed by atoms with Gasteiger partial charge in [0, 0.05) is 25.7 Å². The molecule has 5 rings (SSSR count). The van der Waals surface area contributed by atoms with Crippen molar-refractivity contribution >= 4 is 11.5 Å². The van der Waals surface area contributed by atoms with Gasteiger partial charge in [0.15, 0.2) is 0 Å². The van der Waals surface area contributed by atoms with E-state index in [4.69, 9.17) is 0 Å². The summed E-state index contributed by atoms with van der Waals surface area (Å²) in [6.07, 6.45) is 9.97. The third-order valence-electron chi connectivity index (χ3n) is 10.4. The number of nitrogens with zero attached hydrogens (tertiary/aromatic N) is 1. The van der Waals surface area contributed by atoms with Crippen molar-refractivity contribution < 1.29 is 9.90 Å². The van der Waals surface area contributed by atoms with Crippen LogP contribution in [-0.4, -0.2) is 31.1 Å². The van der Waals surface area contributed by atoms with Crippen molar-refractivity contribution in [2.75, 3.05) is 19.0 Å². The Morgan fingerprint density at radius 3 is 2.44 bits per heavy atom. The summed E-state index contributed by atoms with van der Waals surface area (Å²) >= 11 is 0. The van der Waals surface area contributed by atoms with Crippen LogP contribution < -0.4 is 4.90 Å². The van der Waals surface area contributed by atoms with Crippen molar-refractivity contribution in [3.63, 3.8) is 0 Å². The van der Waals surface area contributed by atoms with E-state index in [1.54, 1.807) is 0 Å². The van der Waals surface area contributed by atoms with Crippen LogP contribution >= 0.6 is 0 Å². The Morgan fingerprint density at radius 1 is 1.06 bits per heavy atom. The summed E-state index contributed by atoms with van der Waals surface area (Å²) in [5.74, 6) is 2.83. The Balaban J connectivity index is 1.49. The lowest BCUT2D eigenvalue weighted by Gasteiger charge is -2.57. The lowest BCUT2D eigenvalue weighted by Crippen LogP contribution is -2.51. The van der Waals surface area contributed by atoms with E-state index in [0.29, 0.717) is 29.5 Å². The van der Waals surface area contributed by atoms with E-state index in [-0.39, 0.29) is 22.9 Å². The Bertz CT molecular complexity index is 918. The lowest BCUT2D eigenvalue weighted by molar-refractivity contribution is -0.128. The van der Waals surface area contributed by atoms with Crippen molar-refractivity contribution in [2.24, 2.45) is 34.5 Å². The molecule has 0 radical (unpaired) electrons. The van der Waals surface area contributed by atoms with Gasteiger partial charge in [-0.1, -0.05) is 37.6 Å². The zero-order valence-corrected chi connectivity index (χ0v) is 20.6. The highest BCUT2D eigenvalue weighted by Crippen LogP contribution is 2.68. The number of aliphatic hydroxyl groups excluding tert-OH is 1. The first-order chi connectivity index (χ1) is 15.1. The molecule has 174 valence electrons. The second kappa shape index (κ2) is 7.72. The highest BCUT2D eigenvalue weighted by Gasteiger charge is 2.62. The molecule has 3 saturated carbocycles. The van der Waals surface area contributed by atoms with Gasteiger partial charge < -0.3 is 10.0 Å². The summed E-state index contributed by atoms with van der Waals surface area (Å²) in [5.41, 5.74) is 4.45. The Morgan fingerprint density at radius 2 is 1.78 bits per heavy atom. The molecule has 8 atom stereocenters. The topological polar surface area (TPSA) is 40.5 Å². The minimum Gasteiger partial charge on any atom is -0.393 e. The number of hydrogen-bond acceptors (Lipinski definition) is 3. The Kier molecular flexibility index (Phi) is 5.36. The van der Waals surface area contributed by atoms with Crippen LogP contribution in [0.1, 0.15) is 77.2 Å². The van der Waals surface area contributed by atoms with Gasteiger partial charge in [-0.15, -0.1) is 0 Å². The van der Waals surface area contributed by atoms with Gasteiger partial charge in [-0.25, -0.2) is 0 Å². The molecule has 1 aromatic rings. The molecular weight excluding hydrogens is 394 g/mol. The average molecular weight is 436 g/mol. The molecule has 1 N–H and O–H groups in total. The zero-order valence-electron chi connectivity index (χ0n) is 20.6. The number of allylic oxidation sites excluding steroid dienone is 1. The minimum atomic E-state index is -0.150. The second-order valence-electron chi connectivity index (χ2n) is 12.1. The molecule has 0 aromatic heterocycles. The van der Waals surface area contributed by atoms with Crippen molar-refractivity contribution in [3.05, 3.63) is 41.5 Å². The lowest BCUT2D eigenvalue weighted by atomic mass is 9.47. The van der Waals surface area contributed by atoms with Crippen LogP contribution in [0.4, 0.5) is 5.69 Å². The molecule has 3 fully saturated rings. The van der Waals surface area contributed by atoms with Gasteiger partial charge in [-0.05, 0) is 104 Å². The summed E-state index contributed by atoms with van der Waals surface area (Å²) in [6, 6.07) is 8.97. The van der Waals surface area contributed by atoms with E-state index in [1.807, 2.05) is 6.92 Å². The van der Waals surface area contributed by atoms with E-state index < -0.39 is 0 Å².